The van der Waals surface area contributed by atoms with Gasteiger partial charge in [-0.05, 0) is 37.0 Å². The first-order chi connectivity index (χ1) is 4.71. The fourth-order valence-corrected chi connectivity index (χ4v) is 1.67. The van der Waals surface area contributed by atoms with Gasteiger partial charge in [-0.2, -0.15) is 0 Å². The summed E-state index contributed by atoms with van der Waals surface area (Å²) in [5, 5.41) is 0. The molecule has 0 nitrogen and oxygen atoms in total. The molecule has 1 saturated carbocycles. The molecule has 0 heteroatoms. The molecule has 0 aromatic carbocycles. The molecule has 0 aromatic heterocycles. The lowest BCUT2D eigenvalue weighted by molar-refractivity contribution is 0.336. The van der Waals surface area contributed by atoms with Crippen LogP contribution in [0.15, 0.2) is 12.7 Å². The molecule has 0 unspecified atom stereocenters. The molecule has 58 valence electrons. The van der Waals surface area contributed by atoms with E-state index in [0.717, 1.165) is 11.3 Å². The van der Waals surface area contributed by atoms with Gasteiger partial charge in [-0.25, -0.2) is 0 Å². The third-order valence-corrected chi connectivity index (χ3v) is 2.96. The average Bonchev–Trinajstić information content (AvgIpc) is 2.64. The van der Waals surface area contributed by atoms with Gasteiger partial charge < -0.3 is 0 Å². The zero-order valence-electron chi connectivity index (χ0n) is 7.19. The van der Waals surface area contributed by atoms with Crippen molar-refractivity contribution in [2.45, 2.75) is 39.5 Å². The van der Waals surface area contributed by atoms with Crippen LogP contribution in [0.4, 0.5) is 0 Å². The first-order valence-corrected chi connectivity index (χ1v) is 4.32. The predicted octanol–water partition coefficient (Wildman–Crippen LogP) is 3.39. The van der Waals surface area contributed by atoms with E-state index < -0.39 is 0 Å². The molecule has 0 amide bonds. The molecular weight excluding hydrogens is 120 g/mol. The number of hydrogen-bond donors (Lipinski definition) is 0. The Bertz CT molecular complexity index is 118. The second-order valence-corrected chi connectivity index (χ2v) is 3.84. The first-order valence-electron chi connectivity index (χ1n) is 4.32. The molecule has 0 aliphatic heterocycles. The summed E-state index contributed by atoms with van der Waals surface area (Å²) in [6.07, 6.45) is 7.53. The van der Waals surface area contributed by atoms with Crippen LogP contribution in [0.25, 0.3) is 0 Å². The summed E-state index contributed by atoms with van der Waals surface area (Å²) in [5.74, 6) is 0.882. The van der Waals surface area contributed by atoms with Gasteiger partial charge in [0.25, 0.3) is 0 Å². The second kappa shape index (κ2) is 2.77. The van der Waals surface area contributed by atoms with Crippen molar-refractivity contribution in [3.05, 3.63) is 12.7 Å². The smallest absolute Gasteiger partial charge is 0.0271 e. The van der Waals surface area contributed by atoms with E-state index in [1.807, 2.05) is 6.08 Å². The fourth-order valence-electron chi connectivity index (χ4n) is 1.67. The Morgan fingerprint density at radius 2 is 2.10 bits per heavy atom. The Labute approximate surface area is 64.3 Å². The zero-order valence-corrected chi connectivity index (χ0v) is 7.19. The van der Waals surface area contributed by atoms with Gasteiger partial charge in [0.05, 0.1) is 0 Å². The molecule has 1 rings (SSSR count). The van der Waals surface area contributed by atoms with Crippen molar-refractivity contribution in [2.75, 3.05) is 0 Å². The molecule has 0 N–H and O–H groups in total. The van der Waals surface area contributed by atoms with Crippen LogP contribution in [0, 0.1) is 11.3 Å². The molecule has 1 aliphatic rings. The molecule has 1 aliphatic carbocycles. The van der Waals surface area contributed by atoms with Gasteiger partial charge in [0.1, 0.15) is 0 Å². The maximum Gasteiger partial charge on any atom is -0.0271 e. The third-order valence-electron chi connectivity index (χ3n) is 2.96. The van der Waals surface area contributed by atoms with Crippen LogP contribution in [-0.2, 0) is 0 Å². The Morgan fingerprint density at radius 3 is 2.40 bits per heavy atom. The molecule has 0 aromatic rings. The molecule has 0 bridgehead atoms. The minimum absolute atomic E-state index is 0.730. The molecule has 0 spiro atoms. The Morgan fingerprint density at radius 1 is 1.50 bits per heavy atom. The summed E-state index contributed by atoms with van der Waals surface area (Å²) in [5.41, 5.74) is 0.730. The van der Waals surface area contributed by atoms with Crippen molar-refractivity contribution in [1.29, 1.82) is 0 Å². The highest BCUT2D eigenvalue weighted by Crippen LogP contribution is 2.55. The van der Waals surface area contributed by atoms with E-state index in [-0.39, 0.29) is 0 Å². The van der Waals surface area contributed by atoms with Gasteiger partial charge in [0.15, 0.2) is 0 Å². The van der Waals surface area contributed by atoms with E-state index in [0.29, 0.717) is 0 Å². The Balaban J connectivity index is 2.30. The molecule has 0 radical (unpaired) electrons. The second-order valence-electron chi connectivity index (χ2n) is 3.84. The minimum atomic E-state index is 0.730. The van der Waals surface area contributed by atoms with Crippen LogP contribution in [0.3, 0.4) is 0 Å². The van der Waals surface area contributed by atoms with E-state index in [1.54, 1.807) is 0 Å². The topological polar surface area (TPSA) is 0 Å². The van der Waals surface area contributed by atoms with Crippen LogP contribution < -0.4 is 0 Å². The third kappa shape index (κ3) is 1.42. The predicted molar refractivity (Wildman–Crippen MR) is 45.9 cm³/mol. The van der Waals surface area contributed by atoms with Crippen molar-refractivity contribution in [3.63, 3.8) is 0 Å². The van der Waals surface area contributed by atoms with Crippen LogP contribution in [-0.4, -0.2) is 0 Å². The van der Waals surface area contributed by atoms with Crippen molar-refractivity contribution in [1.82, 2.24) is 0 Å². The normalized spacial score (nSPS) is 21.1. The van der Waals surface area contributed by atoms with E-state index >= 15 is 0 Å². The highest BCUT2D eigenvalue weighted by atomic mass is 14.5. The molecule has 10 heavy (non-hydrogen) atoms. The summed E-state index contributed by atoms with van der Waals surface area (Å²) in [6, 6.07) is 0. The average molecular weight is 138 g/mol. The molecule has 0 saturated heterocycles. The Kier molecular flexibility index (Phi) is 2.18. The van der Waals surface area contributed by atoms with Gasteiger partial charge in [-0.3, -0.25) is 0 Å². The van der Waals surface area contributed by atoms with E-state index in [2.05, 4.69) is 20.4 Å². The van der Waals surface area contributed by atoms with Gasteiger partial charge >= 0.3 is 0 Å². The maximum atomic E-state index is 3.75. The lowest BCUT2D eigenvalue weighted by Crippen LogP contribution is -2.08. The molecule has 0 atom stereocenters. The summed E-state index contributed by atoms with van der Waals surface area (Å²) in [6.45, 7) is 8.44. The SMILES string of the molecule is C=CCCC1(C(C)C)CC1. The highest BCUT2D eigenvalue weighted by Gasteiger charge is 2.43. The molecular formula is C10H18. The van der Waals surface area contributed by atoms with Gasteiger partial charge in [0.2, 0.25) is 0 Å². The minimum Gasteiger partial charge on any atom is -0.103 e. The Hall–Kier alpha value is -0.260. The fraction of sp³-hybridized carbons (Fsp3) is 0.800. The lowest BCUT2D eigenvalue weighted by atomic mass is 9.88. The summed E-state index contributed by atoms with van der Waals surface area (Å²) in [7, 11) is 0. The van der Waals surface area contributed by atoms with Crippen molar-refractivity contribution < 1.29 is 0 Å². The number of allylic oxidation sites excluding steroid dienone is 1. The standard InChI is InChI=1S/C10H18/c1-4-5-6-10(7-8-10)9(2)3/h4,9H,1,5-8H2,2-3H3. The summed E-state index contributed by atoms with van der Waals surface area (Å²) < 4.78 is 0. The van der Waals surface area contributed by atoms with Gasteiger partial charge in [0, 0.05) is 0 Å². The van der Waals surface area contributed by atoms with Crippen molar-refractivity contribution in [2.24, 2.45) is 11.3 Å². The van der Waals surface area contributed by atoms with Crippen LogP contribution in [0.5, 0.6) is 0 Å². The monoisotopic (exact) mass is 138 g/mol. The highest BCUT2D eigenvalue weighted by molar-refractivity contribution is 4.96. The number of rotatable bonds is 4. The summed E-state index contributed by atoms with van der Waals surface area (Å²) in [4.78, 5) is 0. The van der Waals surface area contributed by atoms with Gasteiger partial charge in [-0.1, -0.05) is 19.9 Å². The van der Waals surface area contributed by atoms with Crippen molar-refractivity contribution >= 4 is 0 Å². The molecule has 1 fully saturated rings. The van der Waals surface area contributed by atoms with Crippen molar-refractivity contribution in [3.8, 4) is 0 Å². The zero-order chi connectivity index (χ0) is 7.61. The maximum absolute atomic E-state index is 3.75. The van der Waals surface area contributed by atoms with Gasteiger partial charge in [-0.15, -0.1) is 6.58 Å². The van der Waals surface area contributed by atoms with Crippen LogP contribution in [0.2, 0.25) is 0 Å². The van der Waals surface area contributed by atoms with E-state index in [1.165, 1.54) is 25.7 Å². The number of hydrogen-bond acceptors (Lipinski definition) is 0. The summed E-state index contributed by atoms with van der Waals surface area (Å²) >= 11 is 0. The van der Waals surface area contributed by atoms with Crippen LogP contribution in [0.1, 0.15) is 39.5 Å². The quantitative estimate of drug-likeness (QED) is 0.522. The largest absolute Gasteiger partial charge is 0.103 e. The lowest BCUT2D eigenvalue weighted by Gasteiger charge is -2.17. The van der Waals surface area contributed by atoms with E-state index in [9.17, 15) is 0 Å². The first kappa shape index (κ1) is 7.84. The molecule has 0 heterocycles. The van der Waals surface area contributed by atoms with Crippen LogP contribution >= 0.6 is 0 Å². The van der Waals surface area contributed by atoms with E-state index in [4.69, 9.17) is 0 Å².